The molecule has 0 aromatic carbocycles. The molecule has 1 aliphatic heterocycles. The van der Waals surface area contributed by atoms with Gasteiger partial charge in [-0.25, -0.2) is 0 Å². The molecule has 2 aliphatic rings. The van der Waals surface area contributed by atoms with Crippen LogP contribution in [0.5, 0.6) is 0 Å². The maximum Gasteiger partial charge on any atom is 0.436 e. The highest BCUT2D eigenvalue weighted by atomic mass is 35.5. The monoisotopic (exact) mass is 365 g/mol. The number of halogens is 4. The minimum atomic E-state index is -4.56. The first-order chi connectivity index (χ1) is 11.4. The van der Waals surface area contributed by atoms with Crippen LogP contribution in [0, 0.1) is 0 Å². The van der Waals surface area contributed by atoms with E-state index in [1.54, 1.807) is 0 Å². The van der Waals surface area contributed by atoms with Crippen LogP contribution in [0.2, 0.25) is 5.02 Å². The number of aryl methyl sites for hydroxylation is 1. The molecule has 9 heteroatoms. The van der Waals surface area contributed by atoms with Gasteiger partial charge in [0.05, 0.1) is 10.7 Å². The van der Waals surface area contributed by atoms with E-state index in [-0.39, 0.29) is 23.4 Å². The minimum absolute atomic E-state index is 0.0579. The molecule has 1 aromatic rings. The molecule has 1 saturated heterocycles. The Bertz CT molecular complexity index is 608. The summed E-state index contributed by atoms with van der Waals surface area (Å²) in [5.74, 6) is -0.105. The summed E-state index contributed by atoms with van der Waals surface area (Å²) in [5.41, 5.74) is -0.552. The Morgan fingerprint density at radius 1 is 1.38 bits per heavy atom. The summed E-state index contributed by atoms with van der Waals surface area (Å²) >= 11 is 5.91. The number of hydrogen-bond acceptors (Lipinski definition) is 3. The van der Waals surface area contributed by atoms with Gasteiger partial charge in [0, 0.05) is 25.6 Å². The van der Waals surface area contributed by atoms with Gasteiger partial charge in [-0.3, -0.25) is 9.48 Å². The first kappa shape index (κ1) is 17.5. The normalized spacial score (nSPS) is 21.2. The third-order valence-electron chi connectivity index (χ3n) is 4.23. The molecule has 24 heavy (non-hydrogen) atoms. The number of ether oxygens (including phenoxy) is 1. The van der Waals surface area contributed by atoms with Gasteiger partial charge in [-0.2, -0.15) is 18.3 Å². The number of hydrogen-bond donors (Lipinski definition) is 1. The number of nitrogens with one attached hydrogen (secondary N) is 1. The number of carbonyl (C=O) groups excluding carboxylic acids is 1. The average molecular weight is 366 g/mol. The molecule has 0 bridgehead atoms. The van der Waals surface area contributed by atoms with Crippen molar-refractivity contribution in [2.24, 2.45) is 0 Å². The van der Waals surface area contributed by atoms with Crippen molar-refractivity contribution in [3.63, 3.8) is 0 Å². The summed E-state index contributed by atoms with van der Waals surface area (Å²) in [6.07, 6.45) is -1.23. The molecule has 1 unspecified atom stereocenters. The zero-order chi connectivity index (χ0) is 17.3. The Balaban J connectivity index is 1.57. The highest BCUT2D eigenvalue weighted by Crippen LogP contribution is 2.46. The van der Waals surface area contributed by atoms with Crippen molar-refractivity contribution < 1.29 is 22.7 Å². The van der Waals surface area contributed by atoms with E-state index < -0.39 is 18.0 Å². The molecule has 2 fully saturated rings. The number of aromatic nitrogens is 2. The van der Waals surface area contributed by atoms with E-state index in [4.69, 9.17) is 16.3 Å². The molecule has 1 amide bonds. The summed E-state index contributed by atoms with van der Waals surface area (Å²) < 4.78 is 45.5. The summed E-state index contributed by atoms with van der Waals surface area (Å²) in [7, 11) is 0. The van der Waals surface area contributed by atoms with E-state index in [0.29, 0.717) is 31.7 Å². The second kappa shape index (κ2) is 6.92. The number of amides is 1. The van der Waals surface area contributed by atoms with Crippen molar-refractivity contribution in [1.82, 2.24) is 15.1 Å². The highest BCUT2D eigenvalue weighted by molar-refractivity contribution is 6.32. The van der Waals surface area contributed by atoms with Gasteiger partial charge in [0.25, 0.3) is 0 Å². The van der Waals surface area contributed by atoms with Gasteiger partial charge in [-0.1, -0.05) is 11.6 Å². The molecule has 1 aliphatic carbocycles. The van der Waals surface area contributed by atoms with Crippen LogP contribution >= 0.6 is 11.6 Å². The highest BCUT2D eigenvalue weighted by Gasteiger charge is 2.41. The van der Waals surface area contributed by atoms with E-state index in [9.17, 15) is 18.0 Å². The molecule has 0 spiro atoms. The van der Waals surface area contributed by atoms with Crippen LogP contribution in [0.1, 0.15) is 49.4 Å². The van der Waals surface area contributed by atoms with Gasteiger partial charge in [0.2, 0.25) is 5.91 Å². The Morgan fingerprint density at radius 3 is 2.71 bits per heavy atom. The number of alkyl halides is 3. The second-order valence-corrected chi connectivity index (χ2v) is 6.57. The van der Waals surface area contributed by atoms with Crippen LogP contribution in [0.25, 0.3) is 0 Å². The lowest BCUT2D eigenvalue weighted by Crippen LogP contribution is -2.35. The third kappa shape index (κ3) is 3.85. The van der Waals surface area contributed by atoms with E-state index >= 15 is 0 Å². The van der Waals surface area contributed by atoms with Crippen LogP contribution < -0.4 is 5.32 Å². The Morgan fingerprint density at radius 2 is 2.12 bits per heavy atom. The standard InChI is InChI=1S/C15H19ClF3N3O2/c16-11-12(9-4-5-9)22(21-13(11)15(17,18)19)7-2-6-20-14(23)10-3-1-8-24-10/h9-10H,1-8H2,(H,20,23). The number of rotatable bonds is 6. The lowest BCUT2D eigenvalue weighted by atomic mass is 10.2. The molecule has 1 aromatic heterocycles. The van der Waals surface area contributed by atoms with Crippen molar-refractivity contribution in [2.45, 2.75) is 56.8 Å². The maximum absolute atomic E-state index is 13.0. The Hall–Kier alpha value is -1.28. The molecule has 3 rings (SSSR count). The first-order valence-corrected chi connectivity index (χ1v) is 8.48. The van der Waals surface area contributed by atoms with Crippen molar-refractivity contribution in [2.75, 3.05) is 13.2 Å². The van der Waals surface area contributed by atoms with Crippen LogP contribution in [0.4, 0.5) is 13.2 Å². The fourth-order valence-corrected chi connectivity index (χ4v) is 3.29. The van der Waals surface area contributed by atoms with Gasteiger partial charge in [-0.15, -0.1) is 0 Å². The van der Waals surface area contributed by atoms with Crippen molar-refractivity contribution in [3.05, 3.63) is 16.4 Å². The maximum atomic E-state index is 13.0. The zero-order valence-corrected chi connectivity index (χ0v) is 13.8. The van der Waals surface area contributed by atoms with Gasteiger partial charge in [0.15, 0.2) is 5.69 Å². The fraction of sp³-hybridized carbons (Fsp3) is 0.733. The SMILES string of the molecule is O=C(NCCCn1nc(C(F)(F)F)c(Cl)c1C1CC1)C1CCCO1. The average Bonchev–Trinajstić information content (AvgIpc) is 3.07. The summed E-state index contributed by atoms with van der Waals surface area (Å²) in [6, 6.07) is 0. The Kier molecular flexibility index (Phi) is 5.05. The summed E-state index contributed by atoms with van der Waals surface area (Å²) in [4.78, 5) is 11.8. The lowest BCUT2D eigenvalue weighted by molar-refractivity contribution is -0.141. The fourth-order valence-electron chi connectivity index (χ4n) is 2.89. The van der Waals surface area contributed by atoms with E-state index in [0.717, 1.165) is 19.3 Å². The molecular formula is C15H19ClF3N3O2. The number of carbonyl (C=O) groups is 1. The third-order valence-corrected chi connectivity index (χ3v) is 4.60. The number of nitrogens with zero attached hydrogens (tertiary/aromatic N) is 2. The lowest BCUT2D eigenvalue weighted by Gasteiger charge is -2.11. The predicted octanol–water partition coefficient (Wildman–Crippen LogP) is 3.12. The quantitative estimate of drug-likeness (QED) is 0.788. The van der Waals surface area contributed by atoms with Gasteiger partial charge >= 0.3 is 6.18 Å². The van der Waals surface area contributed by atoms with E-state index in [1.807, 2.05) is 0 Å². The molecule has 5 nitrogen and oxygen atoms in total. The first-order valence-electron chi connectivity index (χ1n) is 8.10. The molecule has 1 atom stereocenters. The zero-order valence-electron chi connectivity index (χ0n) is 13.0. The topological polar surface area (TPSA) is 56.2 Å². The van der Waals surface area contributed by atoms with Crippen LogP contribution in [-0.2, 0) is 22.3 Å². The summed E-state index contributed by atoms with van der Waals surface area (Å²) in [6.45, 7) is 1.24. The predicted molar refractivity (Wildman–Crippen MR) is 80.8 cm³/mol. The summed E-state index contributed by atoms with van der Waals surface area (Å²) in [5, 5.41) is 6.13. The van der Waals surface area contributed by atoms with Crippen molar-refractivity contribution in [3.8, 4) is 0 Å². The van der Waals surface area contributed by atoms with Gasteiger partial charge in [-0.05, 0) is 32.1 Å². The molecular weight excluding hydrogens is 347 g/mol. The molecule has 2 heterocycles. The van der Waals surface area contributed by atoms with Gasteiger partial charge < -0.3 is 10.1 Å². The van der Waals surface area contributed by atoms with Crippen molar-refractivity contribution in [1.29, 1.82) is 0 Å². The van der Waals surface area contributed by atoms with Gasteiger partial charge in [0.1, 0.15) is 6.10 Å². The minimum Gasteiger partial charge on any atom is -0.368 e. The molecule has 134 valence electrons. The van der Waals surface area contributed by atoms with E-state index in [1.165, 1.54) is 4.68 Å². The van der Waals surface area contributed by atoms with E-state index in [2.05, 4.69) is 10.4 Å². The van der Waals surface area contributed by atoms with Crippen molar-refractivity contribution >= 4 is 17.5 Å². The van der Waals surface area contributed by atoms with Crippen LogP contribution in [0.15, 0.2) is 0 Å². The Labute approximate surface area is 142 Å². The largest absolute Gasteiger partial charge is 0.436 e. The second-order valence-electron chi connectivity index (χ2n) is 6.19. The molecule has 0 radical (unpaired) electrons. The van der Waals surface area contributed by atoms with Crippen LogP contribution in [0.3, 0.4) is 0 Å². The van der Waals surface area contributed by atoms with Crippen LogP contribution in [-0.4, -0.2) is 34.9 Å². The molecule has 1 N–H and O–H groups in total. The smallest absolute Gasteiger partial charge is 0.368 e. The molecule has 1 saturated carbocycles.